The minimum atomic E-state index is -0.779. The second-order valence-electron chi connectivity index (χ2n) is 5.27. The molecule has 0 amide bonds. The van der Waals surface area contributed by atoms with Gasteiger partial charge in [0.2, 0.25) is 0 Å². The first kappa shape index (κ1) is 16.3. The number of carboxylic acid groups (broad SMARTS) is 1. The van der Waals surface area contributed by atoms with Crippen molar-refractivity contribution in [1.82, 2.24) is 5.32 Å². The zero-order valence-electron chi connectivity index (χ0n) is 12.5. The third kappa shape index (κ3) is 4.13. The number of para-hydroxylation sites is 1. The van der Waals surface area contributed by atoms with Gasteiger partial charge in [0.05, 0.1) is 19.6 Å². The Morgan fingerprint density at radius 2 is 2.00 bits per heavy atom. The molecule has 1 aromatic carbocycles. The van der Waals surface area contributed by atoms with Crippen LogP contribution in [0.2, 0.25) is 0 Å². The minimum absolute atomic E-state index is 0.564. The third-order valence-electron chi connectivity index (χ3n) is 3.31. The van der Waals surface area contributed by atoms with Crippen LogP contribution in [-0.2, 0) is 11.3 Å². The maximum atomic E-state index is 11.0. The van der Waals surface area contributed by atoms with E-state index in [1.165, 1.54) is 0 Å². The van der Waals surface area contributed by atoms with Crippen LogP contribution in [0.1, 0.15) is 25.8 Å². The molecule has 0 unspecified atom stereocenters. The first-order valence-electron chi connectivity index (χ1n) is 6.56. The highest BCUT2D eigenvalue weighted by Gasteiger charge is 2.26. The number of benzene rings is 1. The van der Waals surface area contributed by atoms with E-state index < -0.39 is 11.4 Å². The molecule has 0 saturated heterocycles. The molecule has 0 aliphatic carbocycles. The molecule has 0 saturated carbocycles. The minimum Gasteiger partial charge on any atom is -0.493 e. The van der Waals surface area contributed by atoms with Crippen LogP contribution in [0.15, 0.2) is 18.2 Å². The standard InChI is InChI=1S/C15H23NO4/c1-15(2,14(17)18)8-9-16-10-11-6-5-7-12(19-3)13(11)20-4/h5-7,16H,8-10H2,1-4H3,(H,17,18). The van der Waals surface area contributed by atoms with Crippen molar-refractivity contribution in [3.63, 3.8) is 0 Å². The summed E-state index contributed by atoms with van der Waals surface area (Å²) < 4.78 is 10.6. The molecule has 1 rings (SSSR count). The van der Waals surface area contributed by atoms with Gasteiger partial charge < -0.3 is 19.9 Å². The van der Waals surface area contributed by atoms with Crippen LogP contribution < -0.4 is 14.8 Å². The van der Waals surface area contributed by atoms with Crippen molar-refractivity contribution in [1.29, 1.82) is 0 Å². The quantitative estimate of drug-likeness (QED) is 0.716. The number of ether oxygens (including phenoxy) is 2. The molecule has 0 atom stereocenters. The number of aliphatic carboxylic acids is 1. The van der Waals surface area contributed by atoms with Gasteiger partial charge in [0, 0.05) is 12.1 Å². The van der Waals surface area contributed by atoms with Gasteiger partial charge in [-0.1, -0.05) is 12.1 Å². The van der Waals surface area contributed by atoms with Gasteiger partial charge in [0.25, 0.3) is 0 Å². The largest absolute Gasteiger partial charge is 0.493 e. The summed E-state index contributed by atoms with van der Waals surface area (Å²) in [5.41, 5.74) is 0.269. The summed E-state index contributed by atoms with van der Waals surface area (Å²) in [4.78, 5) is 11.0. The summed E-state index contributed by atoms with van der Waals surface area (Å²) in [6.07, 6.45) is 0.564. The molecule has 5 heteroatoms. The SMILES string of the molecule is COc1cccc(CNCCC(C)(C)C(=O)O)c1OC. The Morgan fingerprint density at radius 3 is 2.55 bits per heavy atom. The van der Waals surface area contributed by atoms with E-state index >= 15 is 0 Å². The second-order valence-corrected chi connectivity index (χ2v) is 5.27. The molecule has 0 heterocycles. The van der Waals surface area contributed by atoms with Crippen LogP contribution in [0.5, 0.6) is 11.5 Å². The third-order valence-corrected chi connectivity index (χ3v) is 3.31. The van der Waals surface area contributed by atoms with Crippen molar-refractivity contribution in [2.75, 3.05) is 20.8 Å². The molecular formula is C15H23NO4. The smallest absolute Gasteiger partial charge is 0.309 e. The van der Waals surface area contributed by atoms with Gasteiger partial charge in [-0.25, -0.2) is 0 Å². The van der Waals surface area contributed by atoms with Gasteiger partial charge in [0.1, 0.15) is 0 Å². The molecule has 0 aliphatic rings. The molecule has 0 radical (unpaired) electrons. The van der Waals surface area contributed by atoms with Crippen molar-refractivity contribution in [2.45, 2.75) is 26.8 Å². The lowest BCUT2D eigenvalue weighted by molar-refractivity contribution is -0.147. The van der Waals surface area contributed by atoms with Crippen LogP contribution in [0.3, 0.4) is 0 Å². The predicted molar refractivity (Wildman–Crippen MR) is 77.3 cm³/mol. The van der Waals surface area contributed by atoms with E-state index in [1.807, 2.05) is 18.2 Å². The Kier molecular flexibility index (Phi) is 5.82. The first-order chi connectivity index (χ1) is 9.42. The van der Waals surface area contributed by atoms with Crippen molar-refractivity contribution in [2.24, 2.45) is 5.41 Å². The van der Waals surface area contributed by atoms with Crippen LogP contribution in [0, 0.1) is 5.41 Å². The van der Waals surface area contributed by atoms with Crippen LogP contribution >= 0.6 is 0 Å². The van der Waals surface area contributed by atoms with Crippen molar-refractivity contribution in [3.8, 4) is 11.5 Å². The van der Waals surface area contributed by atoms with E-state index in [4.69, 9.17) is 14.6 Å². The number of carboxylic acids is 1. The van der Waals surface area contributed by atoms with E-state index in [1.54, 1.807) is 28.1 Å². The van der Waals surface area contributed by atoms with Gasteiger partial charge >= 0.3 is 5.97 Å². The van der Waals surface area contributed by atoms with E-state index in [0.29, 0.717) is 31.0 Å². The van der Waals surface area contributed by atoms with Gasteiger partial charge in [-0.15, -0.1) is 0 Å². The van der Waals surface area contributed by atoms with Crippen LogP contribution in [-0.4, -0.2) is 31.8 Å². The molecule has 1 aromatic rings. The Bertz CT molecular complexity index is 457. The Labute approximate surface area is 119 Å². The molecule has 0 aromatic heterocycles. The highest BCUT2D eigenvalue weighted by molar-refractivity contribution is 5.73. The lowest BCUT2D eigenvalue weighted by Crippen LogP contribution is -2.28. The van der Waals surface area contributed by atoms with Gasteiger partial charge in [-0.05, 0) is 32.9 Å². The van der Waals surface area contributed by atoms with Gasteiger partial charge in [-0.3, -0.25) is 4.79 Å². The maximum Gasteiger partial charge on any atom is 0.309 e. The topological polar surface area (TPSA) is 67.8 Å². The number of hydrogen-bond donors (Lipinski definition) is 2. The monoisotopic (exact) mass is 281 g/mol. The van der Waals surface area contributed by atoms with E-state index in [2.05, 4.69) is 5.32 Å². The first-order valence-corrected chi connectivity index (χ1v) is 6.56. The molecule has 0 fully saturated rings. The summed E-state index contributed by atoms with van der Waals surface area (Å²) in [7, 11) is 3.21. The maximum absolute atomic E-state index is 11.0. The molecule has 0 spiro atoms. The molecular weight excluding hydrogens is 258 g/mol. The summed E-state index contributed by atoms with van der Waals surface area (Å²) in [6, 6.07) is 5.70. The zero-order valence-corrected chi connectivity index (χ0v) is 12.5. The van der Waals surface area contributed by atoms with Crippen LogP contribution in [0.4, 0.5) is 0 Å². The fourth-order valence-electron chi connectivity index (χ4n) is 1.82. The number of nitrogens with one attached hydrogen (secondary N) is 1. The molecule has 2 N–H and O–H groups in total. The molecule has 0 aliphatic heterocycles. The normalized spacial score (nSPS) is 11.2. The van der Waals surface area contributed by atoms with Crippen LogP contribution in [0.25, 0.3) is 0 Å². The van der Waals surface area contributed by atoms with E-state index in [0.717, 1.165) is 5.56 Å². The average Bonchev–Trinajstić information content (AvgIpc) is 2.42. The second kappa shape index (κ2) is 7.14. The summed E-state index contributed by atoms with van der Waals surface area (Å²) in [5, 5.41) is 12.3. The highest BCUT2D eigenvalue weighted by Crippen LogP contribution is 2.30. The predicted octanol–water partition coefficient (Wildman–Crippen LogP) is 2.29. The average molecular weight is 281 g/mol. The number of methoxy groups -OCH3 is 2. The Hall–Kier alpha value is -1.75. The van der Waals surface area contributed by atoms with E-state index in [-0.39, 0.29) is 0 Å². The fourth-order valence-corrected chi connectivity index (χ4v) is 1.82. The summed E-state index contributed by atoms with van der Waals surface area (Å²) in [6.45, 7) is 4.68. The van der Waals surface area contributed by atoms with Gasteiger partial charge in [0.15, 0.2) is 11.5 Å². The van der Waals surface area contributed by atoms with Gasteiger partial charge in [-0.2, -0.15) is 0 Å². The fraction of sp³-hybridized carbons (Fsp3) is 0.533. The number of carbonyl (C=O) groups is 1. The van der Waals surface area contributed by atoms with E-state index in [9.17, 15) is 4.79 Å². The number of rotatable bonds is 8. The lowest BCUT2D eigenvalue weighted by atomic mass is 9.90. The Morgan fingerprint density at radius 1 is 1.30 bits per heavy atom. The van der Waals surface area contributed by atoms with Crippen molar-refractivity contribution < 1.29 is 19.4 Å². The molecule has 0 bridgehead atoms. The molecule has 5 nitrogen and oxygen atoms in total. The summed E-state index contributed by atoms with van der Waals surface area (Å²) in [5.74, 6) is 0.621. The zero-order chi connectivity index (χ0) is 15.2. The Balaban J connectivity index is 2.57. The lowest BCUT2D eigenvalue weighted by Gasteiger charge is -2.19. The van der Waals surface area contributed by atoms with Crippen molar-refractivity contribution in [3.05, 3.63) is 23.8 Å². The molecule has 112 valence electrons. The highest BCUT2D eigenvalue weighted by atomic mass is 16.5. The number of hydrogen-bond acceptors (Lipinski definition) is 4. The van der Waals surface area contributed by atoms with Crippen molar-refractivity contribution >= 4 is 5.97 Å². The summed E-state index contributed by atoms with van der Waals surface area (Å²) >= 11 is 0. The molecule has 20 heavy (non-hydrogen) atoms.